The molecule has 0 aliphatic rings. The van der Waals surface area contributed by atoms with Crippen LogP contribution in [0, 0.1) is 6.92 Å². The number of aryl methyl sites for hydroxylation is 1. The quantitative estimate of drug-likeness (QED) is 0.498. The first-order valence-electron chi connectivity index (χ1n) is 9.33. The van der Waals surface area contributed by atoms with Gasteiger partial charge in [-0.3, -0.25) is 9.59 Å². The van der Waals surface area contributed by atoms with Gasteiger partial charge >= 0.3 is 0 Å². The van der Waals surface area contributed by atoms with Gasteiger partial charge in [0.15, 0.2) is 23.9 Å². The minimum absolute atomic E-state index is 0.0210. The second kappa shape index (κ2) is 8.12. The number of hydrogen-bond acceptors (Lipinski definition) is 6. The van der Waals surface area contributed by atoms with Gasteiger partial charge in [0.2, 0.25) is 0 Å². The fraction of sp³-hybridized carbons (Fsp3) is 0.136. The molecule has 150 valence electrons. The van der Waals surface area contributed by atoms with E-state index in [1.54, 1.807) is 34.8 Å². The number of ketones is 1. The average Bonchev–Trinajstić information content (AvgIpc) is 3.13. The van der Waals surface area contributed by atoms with Gasteiger partial charge in [0.05, 0.1) is 5.69 Å². The smallest absolute Gasteiger partial charge is 0.262 e. The number of benzene rings is 2. The second-order valence-electron chi connectivity index (χ2n) is 6.73. The van der Waals surface area contributed by atoms with Crippen LogP contribution in [0.2, 0.25) is 0 Å². The molecule has 2 aromatic carbocycles. The molecule has 0 fully saturated rings. The maximum Gasteiger partial charge on any atom is 0.262 e. The van der Waals surface area contributed by atoms with Gasteiger partial charge in [-0.15, -0.1) is 10.2 Å². The Morgan fingerprint density at radius 1 is 1.03 bits per heavy atom. The van der Waals surface area contributed by atoms with Crippen molar-refractivity contribution in [2.75, 3.05) is 11.9 Å². The molecule has 0 saturated heterocycles. The van der Waals surface area contributed by atoms with E-state index >= 15 is 0 Å². The van der Waals surface area contributed by atoms with Crippen LogP contribution in [-0.4, -0.2) is 38.1 Å². The molecule has 8 nitrogen and oxygen atoms in total. The van der Waals surface area contributed by atoms with Gasteiger partial charge in [-0.1, -0.05) is 12.1 Å². The van der Waals surface area contributed by atoms with Gasteiger partial charge in [0, 0.05) is 16.8 Å². The molecule has 1 amide bonds. The Balaban J connectivity index is 1.42. The highest BCUT2D eigenvalue weighted by atomic mass is 16.5. The molecule has 0 radical (unpaired) electrons. The van der Waals surface area contributed by atoms with Crippen LogP contribution in [0.15, 0.2) is 60.7 Å². The molecule has 0 saturated carbocycles. The summed E-state index contributed by atoms with van der Waals surface area (Å²) in [5.74, 6) is 0.906. The van der Waals surface area contributed by atoms with Crippen LogP contribution in [-0.2, 0) is 4.79 Å². The third-order valence-corrected chi connectivity index (χ3v) is 4.49. The van der Waals surface area contributed by atoms with E-state index in [1.165, 1.54) is 6.92 Å². The number of rotatable bonds is 6. The van der Waals surface area contributed by atoms with E-state index in [1.807, 2.05) is 37.3 Å². The predicted molar refractivity (Wildman–Crippen MR) is 112 cm³/mol. The molecule has 8 heteroatoms. The van der Waals surface area contributed by atoms with Crippen LogP contribution in [0.4, 0.5) is 5.69 Å². The predicted octanol–water partition coefficient (Wildman–Crippen LogP) is 3.32. The SMILES string of the molecule is CC(=O)c1ccc(OCC(=O)Nc2cccc(-c3ccc4nnc(C)n4n3)c2)cc1. The average molecular weight is 401 g/mol. The van der Waals surface area contributed by atoms with Crippen LogP contribution in [0.5, 0.6) is 5.75 Å². The van der Waals surface area contributed by atoms with Gasteiger partial charge < -0.3 is 10.1 Å². The molecular formula is C22H19N5O3. The van der Waals surface area contributed by atoms with E-state index in [2.05, 4.69) is 20.6 Å². The fourth-order valence-electron chi connectivity index (χ4n) is 2.94. The van der Waals surface area contributed by atoms with E-state index in [4.69, 9.17) is 4.74 Å². The van der Waals surface area contributed by atoms with Crippen LogP contribution < -0.4 is 10.1 Å². The van der Waals surface area contributed by atoms with E-state index in [0.29, 0.717) is 28.5 Å². The zero-order chi connectivity index (χ0) is 21.1. The molecule has 0 bridgehead atoms. The number of nitrogens with zero attached hydrogens (tertiary/aromatic N) is 4. The van der Waals surface area contributed by atoms with Crippen molar-refractivity contribution in [2.45, 2.75) is 13.8 Å². The number of Topliss-reactive ketones (excluding diaryl/α,β-unsaturated/α-hetero) is 1. The number of amides is 1. The second-order valence-corrected chi connectivity index (χ2v) is 6.73. The molecule has 30 heavy (non-hydrogen) atoms. The van der Waals surface area contributed by atoms with E-state index in [9.17, 15) is 9.59 Å². The number of nitrogens with one attached hydrogen (secondary N) is 1. The highest BCUT2D eigenvalue weighted by molar-refractivity contribution is 5.94. The Morgan fingerprint density at radius 2 is 1.83 bits per heavy atom. The third-order valence-electron chi connectivity index (χ3n) is 4.49. The molecular weight excluding hydrogens is 382 g/mol. The zero-order valence-corrected chi connectivity index (χ0v) is 16.5. The first-order chi connectivity index (χ1) is 14.5. The topological polar surface area (TPSA) is 98.5 Å². The lowest BCUT2D eigenvalue weighted by Crippen LogP contribution is -2.20. The van der Waals surface area contributed by atoms with Crippen molar-refractivity contribution >= 4 is 23.0 Å². The summed E-state index contributed by atoms with van der Waals surface area (Å²) in [5, 5.41) is 15.4. The fourth-order valence-corrected chi connectivity index (χ4v) is 2.94. The standard InChI is InChI=1S/C22H19N5O3/c1-14(28)16-6-8-19(9-7-16)30-13-22(29)23-18-5-3-4-17(12-18)20-10-11-21-25-24-15(2)27(21)26-20/h3-12H,13H2,1-2H3,(H,23,29). The van der Waals surface area contributed by atoms with Gasteiger partial charge in [-0.25, -0.2) is 0 Å². The van der Waals surface area contributed by atoms with Crippen LogP contribution in [0.25, 0.3) is 16.9 Å². The minimum Gasteiger partial charge on any atom is -0.484 e. The summed E-state index contributed by atoms with van der Waals surface area (Å²) in [7, 11) is 0. The van der Waals surface area contributed by atoms with Crippen molar-refractivity contribution in [1.82, 2.24) is 19.8 Å². The first-order valence-corrected chi connectivity index (χ1v) is 9.33. The summed E-state index contributed by atoms with van der Waals surface area (Å²) in [6, 6.07) is 17.8. The molecule has 1 N–H and O–H groups in total. The summed E-state index contributed by atoms with van der Waals surface area (Å²) < 4.78 is 7.16. The highest BCUT2D eigenvalue weighted by Crippen LogP contribution is 2.21. The lowest BCUT2D eigenvalue weighted by Gasteiger charge is -2.09. The van der Waals surface area contributed by atoms with E-state index in [0.717, 1.165) is 11.3 Å². The van der Waals surface area contributed by atoms with E-state index < -0.39 is 0 Å². The lowest BCUT2D eigenvalue weighted by molar-refractivity contribution is -0.118. The van der Waals surface area contributed by atoms with Crippen molar-refractivity contribution in [2.24, 2.45) is 0 Å². The van der Waals surface area contributed by atoms with Crippen molar-refractivity contribution in [3.05, 3.63) is 72.1 Å². The monoisotopic (exact) mass is 401 g/mol. The Kier molecular flexibility index (Phi) is 5.21. The molecule has 0 aliphatic carbocycles. The molecule has 4 rings (SSSR count). The summed E-state index contributed by atoms with van der Waals surface area (Å²) in [6.07, 6.45) is 0. The molecule has 0 unspecified atom stereocenters. The third kappa shape index (κ3) is 4.17. The van der Waals surface area contributed by atoms with Crippen LogP contribution in [0.1, 0.15) is 23.1 Å². The Morgan fingerprint density at radius 3 is 2.60 bits per heavy atom. The van der Waals surface area contributed by atoms with Crippen LogP contribution in [0.3, 0.4) is 0 Å². The van der Waals surface area contributed by atoms with Crippen LogP contribution >= 0.6 is 0 Å². The summed E-state index contributed by atoms with van der Waals surface area (Å²) in [4.78, 5) is 23.6. The number of carbonyl (C=O) groups excluding carboxylic acids is 2. The maximum absolute atomic E-state index is 12.3. The van der Waals surface area contributed by atoms with E-state index in [-0.39, 0.29) is 18.3 Å². The molecule has 0 atom stereocenters. The normalized spacial score (nSPS) is 10.7. The van der Waals surface area contributed by atoms with Crippen molar-refractivity contribution in [3.8, 4) is 17.0 Å². The number of ether oxygens (including phenoxy) is 1. The summed E-state index contributed by atoms with van der Waals surface area (Å²) in [5.41, 5.74) is 3.49. The highest BCUT2D eigenvalue weighted by Gasteiger charge is 2.08. The summed E-state index contributed by atoms with van der Waals surface area (Å²) >= 11 is 0. The molecule has 2 heterocycles. The Labute approximate surface area is 172 Å². The zero-order valence-electron chi connectivity index (χ0n) is 16.5. The molecule has 4 aromatic rings. The summed E-state index contributed by atoms with van der Waals surface area (Å²) in [6.45, 7) is 3.19. The van der Waals surface area contributed by atoms with Crippen molar-refractivity contribution in [1.29, 1.82) is 0 Å². The number of fused-ring (bicyclic) bond motifs is 1. The number of anilines is 1. The number of hydrogen-bond donors (Lipinski definition) is 1. The Hall–Kier alpha value is -4.07. The Bertz CT molecular complexity index is 1230. The largest absolute Gasteiger partial charge is 0.484 e. The van der Waals surface area contributed by atoms with Gasteiger partial charge in [0.25, 0.3) is 5.91 Å². The molecule has 0 aliphatic heterocycles. The molecule has 2 aromatic heterocycles. The van der Waals surface area contributed by atoms with Crippen molar-refractivity contribution in [3.63, 3.8) is 0 Å². The lowest BCUT2D eigenvalue weighted by atomic mass is 10.1. The number of aromatic nitrogens is 4. The van der Waals surface area contributed by atoms with Gasteiger partial charge in [-0.05, 0) is 62.4 Å². The number of carbonyl (C=O) groups is 2. The van der Waals surface area contributed by atoms with Gasteiger partial charge in [0.1, 0.15) is 5.75 Å². The van der Waals surface area contributed by atoms with Gasteiger partial charge in [-0.2, -0.15) is 9.61 Å². The van der Waals surface area contributed by atoms with Crippen molar-refractivity contribution < 1.29 is 14.3 Å². The minimum atomic E-state index is -0.291. The maximum atomic E-state index is 12.3. The molecule has 0 spiro atoms. The first kappa shape index (κ1) is 19.3.